The van der Waals surface area contributed by atoms with Gasteiger partial charge in [-0.15, -0.1) is 0 Å². The number of aliphatic imine (C=N–C) groups is 2. The molecule has 0 fully saturated rings. The molecule has 1 heterocycles. The van der Waals surface area contributed by atoms with Crippen LogP contribution in [0.15, 0.2) is 28.4 Å². The predicted molar refractivity (Wildman–Crippen MR) is 138 cm³/mol. The monoisotopic (exact) mass is 456 g/mol. The highest BCUT2D eigenvalue weighted by Crippen LogP contribution is 2.24. The molecule has 32 heavy (non-hydrogen) atoms. The van der Waals surface area contributed by atoms with Gasteiger partial charge in [-0.05, 0) is 82.6 Å². The first kappa shape index (κ1) is 26.3. The van der Waals surface area contributed by atoms with Crippen LogP contribution in [0.1, 0.15) is 81.0 Å². The molecule has 6 heteroatoms. The lowest BCUT2D eigenvalue weighted by molar-refractivity contribution is 0.558. The van der Waals surface area contributed by atoms with Gasteiger partial charge in [-0.2, -0.15) is 0 Å². The van der Waals surface area contributed by atoms with Crippen molar-refractivity contribution in [3.05, 3.63) is 52.4 Å². The summed E-state index contributed by atoms with van der Waals surface area (Å²) >= 11 is 0. The Kier molecular flexibility index (Phi) is 10.6. The van der Waals surface area contributed by atoms with E-state index in [4.69, 9.17) is 9.98 Å². The topological polar surface area (TPSA) is 50.5 Å². The van der Waals surface area contributed by atoms with Crippen molar-refractivity contribution in [1.29, 1.82) is 0 Å². The standard InChI is InChI=1S/C26H38FN4P/c1-7-10-22(11-8-2)31-26(32)20(6)30-25-19(5)28-16-29-24(25)13-9-12-21-14-17(3)15-23(27)18(21)4/h14-16,22H,7-13,32H2,1-6H3. The molecule has 1 aromatic carbocycles. The molecule has 4 nitrogen and oxygen atoms in total. The third-order valence-electron chi connectivity index (χ3n) is 5.75. The van der Waals surface area contributed by atoms with Gasteiger partial charge < -0.3 is 0 Å². The summed E-state index contributed by atoms with van der Waals surface area (Å²) in [6, 6.07) is 4.01. The van der Waals surface area contributed by atoms with E-state index in [1.165, 1.54) is 0 Å². The second-order valence-electron chi connectivity index (χ2n) is 8.58. The van der Waals surface area contributed by atoms with Gasteiger partial charge in [-0.25, -0.2) is 19.4 Å². The first-order valence-electron chi connectivity index (χ1n) is 11.7. The molecule has 1 unspecified atom stereocenters. The van der Waals surface area contributed by atoms with Crippen LogP contribution in [-0.4, -0.2) is 27.2 Å². The fraction of sp³-hybridized carbons (Fsp3) is 0.538. The summed E-state index contributed by atoms with van der Waals surface area (Å²) in [5.74, 6) is -0.129. The number of halogens is 1. The summed E-state index contributed by atoms with van der Waals surface area (Å²) in [7, 11) is 2.75. The Morgan fingerprint density at radius 2 is 1.75 bits per heavy atom. The molecule has 0 aliphatic rings. The third kappa shape index (κ3) is 7.55. The highest BCUT2D eigenvalue weighted by Gasteiger charge is 2.12. The summed E-state index contributed by atoms with van der Waals surface area (Å²) in [6.45, 7) is 12.1. The number of benzene rings is 1. The maximum atomic E-state index is 14.1. The van der Waals surface area contributed by atoms with Crippen molar-refractivity contribution in [3.8, 4) is 0 Å². The van der Waals surface area contributed by atoms with Crippen molar-refractivity contribution in [2.24, 2.45) is 9.98 Å². The SMILES string of the molecule is CCCC(CCC)N=C(P)C(C)=Nc1c(C)ncnc1CCCc1cc(C)cc(F)c1C. The van der Waals surface area contributed by atoms with Gasteiger partial charge in [-0.1, -0.05) is 42.0 Å². The van der Waals surface area contributed by atoms with Crippen molar-refractivity contribution in [2.45, 2.75) is 92.5 Å². The maximum absolute atomic E-state index is 14.1. The van der Waals surface area contributed by atoms with Gasteiger partial charge in [-0.3, -0.25) is 4.99 Å². The molecule has 0 aliphatic heterocycles. The Morgan fingerprint density at radius 1 is 1.06 bits per heavy atom. The number of rotatable bonds is 11. The van der Waals surface area contributed by atoms with Gasteiger partial charge in [0.05, 0.1) is 28.6 Å². The van der Waals surface area contributed by atoms with E-state index in [2.05, 4.69) is 39.1 Å². The molecule has 0 saturated heterocycles. The Labute approximate surface area is 195 Å². The molecule has 2 aromatic rings. The highest BCUT2D eigenvalue weighted by molar-refractivity contribution is 7.45. The number of hydrogen-bond acceptors (Lipinski definition) is 4. The molecule has 0 spiro atoms. The lowest BCUT2D eigenvalue weighted by Gasteiger charge is -2.13. The first-order chi connectivity index (χ1) is 15.3. The smallest absolute Gasteiger partial charge is 0.126 e. The summed E-state index contributed by atoms with van der Waals surface area (Å²) in [4.78, 5) is 18.7. The van der Waals surface area contributed by atoms with Crippen LogP contribution < -0.4 is 0 Å². The van der Waals surface area contributed by atoms with E-state index in [9.17, 15) is 4.39 Å². The molecule has 1 atom stereocenters. The zero-order valence-electron chi connectivity index (χ0n) is 20.5. The van der Waals surface area contributed by atoms with Crippen LogP contribution in [0.4, 0.5) is 10.1 Å². The largest absolute Gasteiger partial charge is 0.280 e. The number of nitrogens with zero attached hydrogens (tertiary/aromatic N) is 4. The highest BCUT2D eigenvalue weighted by atomic mass is 31.0. The van der Waals surface area contributed by atoms with E-state index in [1.54, 1.807) is 12.4 Å². The molecular weight excluding hydrogens is 418 g/mol. The van der Waals surface area contributed by atoms with Gasteiger partial charge in [0.1, 0.15) is 17.8 Å². The van der Waals surface area contributed by atoms with E-state index < -0.39 is 0 Å². The molecule has 0 amide bonds. The van der Waals surface area contributed by atoms with Gasteiger partial charge in [0.15, 0.2) is 0 Å². The Balaban J connectivity index is 2.20. The minimum atomic E-state index is -0.129. The van der Waals surface area contributed by atoms with E-state index in [1.807, 2.05) is 27.7 Å². The molecular formula is C26H38FN4P. The van der Waals surface area contributed by atoms with Gasteiger partial charge in [0, 0.05) is 0 Å². The van der Waals surface area contributed by atoms with Crippen molar-refractivity contribution < 1.29 is 4.39 Å². The van der Waals surface area contributed by atoms with Crippen molar-refractivity contribution in [1.82, 2.24) is 9.97 Å². The summed E-state index contributed by atoms with van der Waals surface area (Å²) in [5, 5.41) is 0. The fourth-order valence-corrected chi connectivity index (χ4v) is 4.17. The Morgan fingerprint density at radius 3 is 2.41 bits per heavy atom. The molecule has 0 saturated carbocycles. The second kappa shape index (κ2) is 12.9. The van der Waals surface area contributed by atoms with Gasteiger partial charge in [0.2, 0.25) is 0 Å². The molecule has 0 N–H and O–H groups in total. The van der Waals surface area contributed by atoms with Crippen LogP contribution >= 0.6 is 9.24 Å². The summed E-state index contributed by atoms with van der Waals surface area (Å²) in [6.07, 6.45) is 8.49. The van der Waals surface area contributed by atoms with Crippen LogP contribution in [0.5, 0.6) is 0 Å². The number of aromatic nitrogens is 2. The zero-order chi connectivity index (χ0) is 23.7. The predicted octanol–water partition coefficient (Wildman–Crippen LogP) is 7.05. The van der Waals surface area contributed by atoms with E-state index >= 15 is 0 Å². The van der Waals surface area contributed by atoms with Crippen LogP contribution in [0.2, 0.25) is 0 Å². The molecule has 2 rings (SSSR count). The van der Waals surface area contributed by atoms with Crippen molar-refractivity contribution >= 4 is 26.1 Å². The van der Waals surface area contributed by atoms with E-state index in [0.717, 1.165) is 89.9 Å². The average molecular weight is 457 g/mol. The minimum Gasteiger partial charge on any atom is -0.280 e. The second-order valence-corrected chi connectivity index (χ2v) is 9.13. The lowest BCUT2D eigenvalue weighted by atomic mass is 9.99. The fourth-order valence-electron chi connectivity index (χ4n) is 3.89. The molecule has 0 radical (unpaired) electrons. The lowest BCUT2D eigenvalue weighted by Crippen LogP contribution is -2.11. The molecule has 0 aliphatic carbocycles. The quantitative estimate of drug-likeness (QED) is 0.269. The minimum absolute atomic E-state index is 0.129. The van der Waals surface area contributed by atoms with Crippen LogP contribution in [0.3, 0.4) is 0 Å². The van der Waals surface area contributed by atoms with Crippen LogP contribution in [-0.2, 0) is 12.8 Å². The van der Waals surface area contributed by atoms with Crippen molar-refractivity contribution in [2.75, 3.05) is 0 Å². The van der Waals surface area contributed by atoms with Crippen LogP contribution in [0, 0.1) is 26.6 Å². The molecule has 0 bridgehead atoms. The summed E-state index contributed by atoms with van der Waals surface area (Å²) in [5.41, 5.74) is 7.16. The third-order valence-corrected chi connectivity index (χ3v) is 6.32. The number of aryl methyl sites for hydroxylation is 4. The normalized spacial score (nSPS) is 12.7. The number of hydrogen-bond donors (Lipinski definition) is 0. The maximum Gasteiger partial charge on any atom is 0.126 e. The molecule has 174 valence electrons. The summed E-state index contributed by atoms with van der Waals surface area (Å²) < 4.78 is 14.1. The van der Waals surface area contributed by atoms with Gasteiger partial charge >= 0.3 is 0 Å². The zero-order valence-corrected chi connectivity index (χ0v) is 21.7. The van der Waals surface area contributed by atoms with E-state index in [-0.39, 0.29) is 5.82 Å². The van der Waals surface area contributed by atoms with Crippen molar-refractivity contribution in [3.63, 3.8) is 0 Å². The average Bonchev–Trinajstić information content (AvgIpc) is 2.74. The van der Waals surface area contributed by atoms with Gasteiger partial charge in [0.25, 0.3) is 0 Å². The Bertz CT molecular complexity index is 963. The Hall–Kier alpha value is -2.00. The van der Waals surface area contributed by atoms with E-state index in [0.29, 0.717) is 6.04 Å². The molecule has 1 aromatic heterocycles. The van der Waals surface area contributed by atoms with Crippen LogP contribution in [0.25, 0.3) is 0 Å². The first-order valence-corrected chi connectivity index (χ1v) is 12.3.